The predicted octanol–water partition coefficient (Wildman–Crippen LogP) is 2.00. The number of hydrogen-bond donors (Lipinski definition) is 0. The SMILES string of the molecule is CCOC(C)(C)Cl. The minimum atomic E-state index is -0.477. The van der Waals surface area contributed by atoms with E-state index in [0.717, 1.165) is 0 Å². The first kappa shape index (κ1) is 7.25. The summed E-state index contributed by atoms with van der Waals surface area (Å²) in [4.78, 5) is 0. The van der Waals surface area contributed by atoms with Crippen molar-refractivity contribution in [1.29, 1.82) is 0 Å². The number of rotatable bonds is 2. The summed E-state index contributed by atoms with van der Waals surface area (Å²) in [6.45, 7) is 6.23. The molecular weight excluding hydrogens is 112 g/mol. The first-order valence-electron chi connectivity index (χ1n) is 2.39. The van der Waals surface area contributed by atoms with E-state index in [-0.39, 0.29) is 0 Å². The lowest BCUT2D eigenvalue weighted by Crippen LogP contribution is -2.14. The van der Waals surface area contributed by atoms with Gasteiger partial charge in [-0.2, -0.15) is 0 Å². The number of alkyl halides is 1. The molecule has 0 aliphatic heterocycles. The van der Waals surface area contributed by atoms with Gasteiger partial charge in [-0.25, -0.2) is 0 Å². The molecule has 0 atom stereocenters. The lowest BCUT2D eigenvalue weighted by Gasteiger charge is -2.14. The average Bonchev–Trinajstić information content (AvgIpc) is 1.30. The molecule has 0 aromatic rings. The van der Waals surface area contributed by atoms with Gasteiger partial charge in [0.2, 0.25) is 0 Å². The molecule has 0 spiro atoms. The zero-order valence-corrected chi connectivity index (χ0v) is 5.75. The first-order valence-corrected chi connectivity index (χ1v) is 2.77. The van der Waals surface area contributed by atoms with Crippen LogP contribution in [0.3, 0.4) is 0 Å². The lowest BCUT2D eigenvalue weighted by atomic mass is 10.5. The summed E-state index contributed by atoms with van der Waals surface area (Å²) in [7, 11) is 0. The lowest BCUT2D eigenvalue weighted by molar-refractivity contribution is 0.0562. The van der Waals surface area contributed by atoms with Gasteiger partial charge in [-0.15, -0.1) is 0 Å². The Bertz CT molecular complexity index is 46.5. The molecule has 44 valence electrons. The third-order valence-corrected chi connectivity index (χ3v) is 0.597. The van der Waals surface area contributed by atoms with Crippen LogP contribution in [0.1, 0.15) is 20.8 Å². The molecule has 0 saturated carbocycles. The van der Waals surface area contributed by atoms with Crippen molar-refractivity contribution in [2.24, 2.45) is 0 Å². The zero-order chi connectivity index (χ0) is 5.91. The molecule has 2 heteroatoms. The fraction of sp³-hybridized carbons (Fsp3) is 1.00. The Hall–Kier alpha value is 0.250. The average molecular weight is 123 g/mol. The standard InChI is InChI=1S/C5H11ClO/c1-4-7-5(2,3)6/h4H2,1-3H3. The fourth-order valence-electron chi connectivity index (χ4n) is 0.343. The maximum atomic E-state index is 5.61. The Labute approximate surface area is 49.6 Å². The highest BCUT2D eigenvalue weighted by Crippen LogP contribution is 2.12. The van der Waals surface area contributed by atoms with Gasteiger partial charge in [0.25, 0.3) is 0 Å². The third kappa shape index (κ3) is 6.25. The molecule has 0 heterocycles. The molecule has 0 aliphatic rings. The Morgan fingerprint density at radius 1 is 1.57 bits per heavy atom. The van der Waals surface area contributed by atoms with E-state index in [2.05, 4.69) is 0 Å². The van der Waals surface area contributed by atoms with E-state index < -0.39 is 5.06 Å². The van der Waals surface area contributed by atoms with Crippen LogP contribution >= 0.6 is 11.6 Å². The van der Waals surface area contributed by atoms with E-state index in [0.29, 0.717) is 6.61 Å². The van der Waals surface area contributed by atoms with Crippen LogP contribution in [0.2, 0.25) is 0 Å². The molecule has 0 rings (SSSR count). The van der Waals surface area contributed by atoms with Crippen molar-refractivity contribution in [3.05, 3.63) is 0 Å². The van der Waals surface area contributed by atoms with Crippen molar-refractivity contribution >= 4 is 11.6 Å². The molecule has 7 heavy (non-hydrogen) atoms. The Balaban J connectivity index is 3.15. The molecular formula is C5H11ClO. The Morgan fingerprint density at radius 3 is 2.00 bits per heavy atom. The smallest absolute Gasteiger partial charge is 0.136 e. The topological polar surface area (TPSA) is 9.23 Å². The molecule has 0 amide bonds. The van der Waals surface area contributed by atoms with Gasteiger partial charge in [0.05, 0.1) is 0 Å². The van der Waals surface area contributed by atoms with E-state index in [9.17, 15) is 0 Å². The highest BCUT2D eigenvalue weighted by Gasteiger charge is 2.09. The molecule has 0 aromatic carbocycles. The number of ether oxygens (including phenoxy) is 1. The number of hydrogen-bond acceptors (Lipinski definition) is 1. The largest absolute Gasteiger partial charge is 0.361 e. The van der Waals surface area contributed by atoms with Crippen molar-refractivity contribution in [2.75, 3.05) is 6.61 Å². The van der Waals surface area contributed by atoms with Gasteiger partial charge in [0.15, 0.2) is 0 Å². The maximum absolute atomic E-state index is 5.61. The zero-order valence-electron chi connectivity index (χ0n) is 4.99. The Kier molecular flexibility index (Phi) is 2.62. The number of halogens is 1. The molecule has 0 aliphatic carbocycles. The Morgan fingerprint density at radius 2 is 2.00 bits per heavy atom. The van der Waals surface area contributed by atoms with E-state index >= 15 is 0 Å². The molecule has 0 saturated heterocycles. The van der Waals surface area contributed by atoms with Gasteiger partial charge >= 0.3 is 0 Å². The van der Waals surface area contributed by atoms with Crippen molar-refractivity contribution in [3.8, 4) is 0 Å². The molecule has 0 bridgehead atoms. The summed E-state index contributed by atoms with van der Waals surface area (Å²) in [6.07, 6.45) is 0. The molecule has 0 unspecified atom stereocenters. The summed E-state index contributed by atoms with van der Waals surface area (Å²) in [5, 5.41) is -0.477. The van der Waals surface area contributed by atoms with Crippen LogP contribution in [-0.2, 0) is 4.74 Å². The second-order valence-corrected chi connectivity index (χ2v) is 2.71. The van der Waals surface area contributed by atoms with Crippen LogP contribution in [-0.4, -0.2) is 11.7 Å². The van der Waals surface area contributed by atoms with Crippen LogP contribution in [0.25, 0.3) is 0 Å². The van der Waals surface area contributed by atoms with Gasteiger partial charge in [-0.05, 0) is 20.8 Å². The van der Waals surface area contributed by atoms with Gasteiger partial charge < -0.3 is 4.74 Å². The van der Waals surface area contributed by atoms with Crippen LogP contribution < -0.4 is 0 Å². The van der Waals surface area contributed by atoms with Crippen LogP contribution in [0, 0.1) is 0 Å². The minimum Gasteiger partial charge on any atom is -0.361 e. The van der Waals surface area contributed by atoms with Gasteiger partial charge in [0.1, 0.15) is 5.06 Å². The second kappa shape index (κ2) is 2.53. The fourth-order valence-corrected chi connectivity index (χ4v) is 0.452. The maximum Gasteiger partial charge on any atom is 0.136 e. The highest BCUT2D eigenvalue weighted by atomic mass is 35.5. The normalized spacial score (nSPS) is 12.0. The van der Waals surface area contributed by atoms with E-state index in [1.807, 2.05) is 20.8 Å². The first-order chi connectivity index (χ1) is 3.06. The van der Waals surface area contributed by atoms with Crippen LogP contribution in [0.4, 0.5) is 0 Å². The van der Waals surface area contributed by atoms with Crippen molar-refractivity contribution in [1.82, 2.24) is 0 Å². The van der Waals surface area contributed by atoms with E-state index in [1.54, 1.807) is 0 Å². The summed E-state index contributed by atoms with van der Waals surface area (Å²) < 4.78 is 4.99. The van der Waals surface area contributed by atoms with E-state index in [1.165, 1.54) is 0 Å². The summed E-state index contributed by atoms with van der Waals surface area (Å²) in [5.74, 6) is 0. The second-order valence-electron chi connectivity index (χ2n) is 1.80. The molecule has 1 nitrogen and oxygen atoms in total. The summed E-state index contributed by atoms with van der Waals surface area (Å²) in [5.41, 5.74) is 0. The summed E-state index contributed by atoms with van der Waals surface area (Å²) >= 11 is 5.61. The van der Waals surface area contributed by atoms with Gasteiger partial charge in [0, 0.05) is 6.61 Å². The third-order valence-electron chi connectivity index (χ3n) is 0.488. The van der Waals surface area contributed by atoms with Crippen LogP contribution in [0.15, 0.2) is 0 Å². The van der Waals surface area contributed by atoms with Crippen molar-refractivity contribution in [2.45, 2.75) is 25.8 Å². The molecule has 0 fully saturated rings. The predicted molar refractivity (Wildman–Crippen MR) is 31.6 cm³/mol. The minimum absolute atomic E-state index is 0.477. The van der Waals surface area contributed by atoms with Gasteiger partial charge in [-0.1, -0.05) is 11.6 Å². The van der Waals surface area contributed by atoms with Gasteiger partial charge in [-0.3, -0.25) is 0 Å². The van der Waals surface area contributed by atoms with E-state index in [4.69, 9.17) is 16.3 Å². The quantitative estimate of drug-likeness (QED) is 0.509. The van der Waals surface area contributed by atoms with Crippen molar-refractivity contribution in [3.63, 3.8) is 0 Å². The van der Waals surface area contributed by atoms with Crippen molar-refractivity contribution < 1.29 is 4.74 Å². The highest BCUT2D eigenvalue weighted by molar-refractivity contribution is 6.22. The molecule has 0 N–H and O–H groups in total. The molecule has 0 radical (unpaired) electrons. The summed E-state index contributed by atoms with van der Waals surface area (Å²) in [6, 6.07) is 0. The molecule has 0 aromatic heterocycles. The monoisotopic (exact) mass is 122 g/mol. The van der Waals surface area contributed by atoms with Crippen LogP contribution in [0.5, 0.6) is 0 Å².